The molecule has 0 aromatic carbocycles. The molecular weight excluding hydrogens is 228 g/mol. The molecule has 3 N–H and O–H groups in total. The van der Waals surface area contributed by atoms with Crippen LogP contribution in [-0.2, 0) is 14.3 Å². The van der Waals surface area contributed by atoms with Crippen molar-refractivity contribution in [2.24, 2.45) is 0 Å². The van der Waals surface area contributed by atoms with Gasteiger partial charge in [0.15, 0.2) is 5.60 Å². The van der Waals surface area contributed by atoms with E-state index in [1.54, 1.807) is 13.8 Å². The molecule has 100 valence electrons. The Kier molecular flexibility index (Phi) is 5.57. The number of methoxy groups -OCH3 is 1. The minimum atomic E-state index is -2.02. The maximum Gasteiger partial charge on any atom is 0.338 e. The number of carbonyl (C=O) groups is 2. The van der Waals surface area contributed by atoms with E-state index in [9.17, 15) is 19.8 Å². The van der Waals surface area contributed by atoms with Gasteiger partial charge in [-0.15, -0.1) is 0 Å². The first-order chi connectivity index (χ1) is 7.60. The minimum Gasteiger partial charge on any atom is -0.481 e. The zero-order valence-corrected chi connectivity index (χ0v) is 10.4. The molecule has 6 nitrogen and oxygen atoms in total. The lowest BCUT2D eigenvalue weighted by molar-refractivity contribution is -0.169. The van der Waals surface area contributed by atoms with Crippen LogP contribution in [0.1, 0.15) is 39.5 Å². The summed E-state index contributed by atoms with van der Waals surface area (Å²) in [4.78, 5) is 21.9. The third kappa shape index (κ3) is 6.23. The summed E-state index contributed by atoms with van der Waals surface area (Å²) in [7, 11) is 1.09. The number of ether oxygens (including phenoxy) is 1. The van der Waals surface area contributed by atoms with E-state index in [0.717, 1.165) is 7.11 Å². The van der Waals surface area contributed by atoms with Gasteiger partial charge < -0.3 is 20.1 Å². The van der Waals surface area contributed by atoms with Crippen LogP contribution in [0.4, 0.5) is 0 Å². The molecule has 1 atom stereocenters. The molecule has 0 aliphatic carbocycles. The van der Waals surface area contributed by atoms with Gasteiger partial charge in [0.1, 0.15) is 0 Å². The molecule has 0 unspecified atom stereocenters. The topological polar surface area (TPSA) is 104 Å². The predicted molar refractivity (Wildman–Crippen MR) is 59.4 cm³/mol. The van der Waals surface area contributed by atoms with Gasteiger partial charge in [0.05, 0.1) is 19.1 Å². The Morgan fingerprint density at radius 3 is 2.06 bits per heavy atom. The number of rotatable bonds is 7. The fourth-order valence-electron chi connectivity index (χ4n) is 1.52. The fraction of sp³-hybridized carbons (Fsp3) is 0.818. The van der Waals surface area contributed by atoms with Crippen LogP contribution in [0.2, 0.25) is 0 Å². The van der Waals surface area contributed by atoms with E-state index in [1.807, 2.05) is 0 Å². The van der Waals surface area contributed by atoms with E-state index in [1.165, 1.54) is 0 Å². The average molecular weight is 248 g/mol. The van der Waals surface area contributed by atoms with Crippen LogP contribution in [0.25, 0.3) is 0 Å². The van der Waals surface area contributed by atoms with Gasteiger partial charge in [-0.25, -0.2) is 4.79 Å². The highest BCUT2D eigenvalue weighted by molar-refractivity contribution is 5.84. The minimum absolute atomic E-state index is 0.0596. The Balaban J connectivity index is 4.50. The Morgan fingerprint density at radius 2 is 1.71 bits per heavy atom. The molecule has 0 amide bonds. The van der Waals surface area contributed by atoms with Crippen LogP contribution in [0, 0.1) is 0 Å². The van der Waals surface area contributed by atoms with Crippen LogP contribution in [-0.4, -0.2) is 45.6 Å². The second-order valence-electron chi connectivity index (χ2n) is 4.76. The molecule has 0 aliphatic heterocycles. The Hall–Kier alpha value is -1.14. The van der Waals surface area contributed by atoms with E-state index < -0.39 is 29.6 Å². The number of carboxylic acids is 1. The fourth-order valence-corrected chi connectivity index (χ4v) is 1.52. The highest BCUT2D eigenvalue weighted by Gasteiger charge is 2.39. The first-order valence-electron chi connectivity index (χ1n) is 5.36. The van der Waals surface area contributed by atoms with Crippen LogP contribution < -0.4 is 0 Å². The average Bonchev–Trinajstić information content (AvgIpc) is 2.13. The van der Waals surface area contributed by atoms with Gasteiger partial charge in [-0.2, -0.15) is 0 Å². The van der Waals surface area contributed by atoms with Crippen LogP contribution >= 0.6 is 0 Å². The van der Waals surface area contributed by atoms with Crippen LogP contribution in [0.3, 0.4) is 0 Å². The summed E-state index contributed by atoms with van der Waals surface area (Å²) >= 11 is 0. The smallest absolute Gasteiger partial charge is 0.338 e. The number of carbonyl (C=O) groups excluding carboxylic acids is 1. The van der Waals surface area contributed by atoms with Gasteiger partial charge in [-0.05, 0) is 33.1 Å². The van der Waals surface area contributed by atoms with Gasteiger partial charge >= 0.3 is 11.9 Å². The van der Waals surface area contributed by atoms with Crippen molar-refractivity contribution >= 4 is 11.9 Å². The number of hydrogen-bond donors (Lipinski definition) is 3. The molecule has 0 saturated heterocycles. The van der Waals surface area contributed by atoms with Gasteiger partial charge in [0.25, 0.3) is 0 Å². The SMILES string of the molecule is COC(=O)[C@@](O)(CCCC(C)(C)O)CC(=O)O. The molecule has 0 rings (SSSR count). The van der Waals surface area contributed by atoms with Crippen molar-refractivity contribution in [1.29, 1.82) is 0 Å². The molecule has 0 spiro atoms. The maximum absolute atomic E-state index is 11.3. The summed E-state index contributed by atoms with van der Waals surface area (Å²) in [5.74, 6) is -2.24. The molecule has 0 aromatic rings. The molecular formula is C11H20O6. The summed E-state index contributed by atoms with van der Waals surface area (Å²) in [5.41, 5.74) is -2.94. The first kappa shape index (κ1) is 15.9. The van der Waals surface area contributed by atoms with Gasteiger partial charge in [-0.3, -0.25) is 4.79 Å². The number of aliphatic hydroxyl groups is 2. The normalized spacial score (nSPS) is 15.1. The Labute approximate surface area is 100 Å². The molecule has 0 fully saturated rings. The second-order valence-corrected chi connectivity index (χ2v) is 4.76. The molecule has 17 heavy (non-hydrogen) atoms. The first-order valence-corrected chi connectivity index (χ1v) is 5.36. The van der Waals surface area contributed by atoms with E-state index in [0.29, 0.717) is 12.8 Å². The lowest BCUT2D eigenvalue weighted by Gasteiger charge is -2.25. The standard InChI is InChI=1S/C11H20O6/c1-10(2,15)5-4-6-11(16,7-8(12)13)9(14)17-3/h15-16H,4-7H2,1-3H3,(H,12,13)/t11-/m1/s1. The predicted octanol–water partition coefficient (Wildman–Crippen LogP) is 0.306. The largest absolute Gasteiger partial charge is 0.481 e. The van der Waals surface area contributed by atoms with Gasteiger partial charge in [-0.1, -0.05) is 0 Å². The maximum atomic E-state index is 11.3. The molecule has 0 aliphatic rings. The summed E-state index contributed by atoms with van der Waals surface area (Å²) in [5, 5.41) is 28.0. The van der Waals surface area contributed by atoms with Crippen molar-refractivity contribution in [2.75, 3.05) is 7.11 Å². The monoisotopic (exact) mass is 248 g/mol. The van der Waals surface area contributed by atoms with Crippen molar-refractivity contribution in [3.8, 4) is 0 Å². The zero-order valence-electron chi connectivity index (χ0n) is 10.4. The molecule has 0 radical (unpaired) electrons. The van der Waals surface area contributed by atoms with Crippen molar-refractivity contribution in [3.05, 3.63) is 0 Å². The van der Waals surface area contributed by atoms with Gasteiger partial charge in [0.2, 0.25) is 0 Å². The number of aliphatic carboxylic acids is 1. The number of esters is 1. The zero-order chi connectivity index (χ0) is 13.7. The number of hydrogen-bond acceptors (Lipinski definition) is 5. The van der Waals surface area contributed by atoms with Crippen LogP contribution in [0.5, 0.6) is 0 Å². The third-order valence-corrected chi connectivity index (χ3v) is 2.39. The van der Waals surface area contributed by atoms with E-state index >= 15 is 0 Å². The summed E-state index contributed by atoms with van der Waals surface area (Å²) in [6, 6.07) is 0. The van der Waals surface area contributed by atoms with E-state index in [2.05, 4.69) is 4.74 Å². The lowest BCUT2D eigenvalue weighted by atomic mass is 9.90. The Morgan fingerprint density at radius 1 is 1.18 bits per heavy atom. The van der Waals surface area contributed by atoms with E-state index in [4.69, 9.17) is 5.11 Å². The highest BCUT2D eigenvalue weighted by Crippen LogP contribution is 2.23. The molecule has 0 bridgehead atoms. The van der Waals surface area contributed by atoms with Crippen molar-refractivity contribution in [3.63, 3.8) is 0 Å². The van der Waals surface area contributed by atoms with Crippen molar-refractivity contribution < 1.29 is 29.6 Å². The summed E-state index contributed by atoms with van der Waals surface area (Å²) in [6.45, 7) is 3.20. The molecule has 6 heteroatoms. The molecule has 0 heterocycles. The van der Waals surface area contributed by atoms with Crippen LogP contribution in [0.15, 0.2) is 0 Å². The van der Waals surface area contributed by atoms with Gasteiger partial charge in [0, 0.05) is 0 Å². The molecule has 0 aromatic heterocycles. The third-order valence-electron chi connectivity index (χ3n) is 2.39. The quantitative estimate of drug-likeness (QED) is 0.560. The Bertz CT molecular complexity index is 280. The lowest BCUT2D eigenvalue weighted by Crippen LogP contribution is -2.42. The number of carboxylic acid groups (broad SMARTS) is 1. The van der Waals surface area contributed by atoms with Crippen molar-refractivity contribution in [2.45, 2.75) is 50.7 Å². The summed E-state index contributed by atoms with van der Waals surface area (Å²) < 4.78 is 4.38. The van der Waals surface area contributed by atoms with Crippen molar-refractivity contribution in [1.82, 2.24) is 0 Å². The molecule has 0 saturated carbocycles. The highest BCUT2D eigenvalue weighted by atomic mass is 16.5. The second kappa shape index (κ2) is 5.97. The summed E-state index contributed by atoms with van der Waals surface area (Å²) in [6.07, 6.45) is -0.0875. The van der Waals surface area contributed by atoms with E-state index in [-0.39, 0.29) is 6.42 Å².